The van der Waals surface area contributed by atoms with Crippen molar-refractivity contribution < 1.29 is 14.3 Å². The van der Waals surface area contributed by atoms with Crippen LogP contribution in [-0.4, -0.2) is 60.9 Å². The molecule has 1 heterocycles. The molecule has 2 N–H and O–H groups in total. The highest BCUT2D eigenvalue weighted by atomic mass is 16.5. The molecule has 1 aliphatic heterocycles. The molecule has 1 saturated heterocycles. The van der Waals surface area contributed by atoms with Crippen LogP contribution in [0.15, 0.2) is 18.2 Å². The predicted molar refractivity (Wildman–Crippen MR) is 112 cm³/mol. The van der Waals surface area contributed by atoms with Crippen LogP contribution < -0.4 is 10.5 Å². The lowest BCUT2D eigenvalue weighted by molar-refractivity contribution is -0.140. The maximum absolute atomic E-state index is 13.1. The molecule has 2 saturated carbocycles. The third kappa shape index (κ3) is 4.00. The number of hydrogen-bond donors (Lipinski definition) is 1. The smallest absolute Gasteiger partial charge is 0.254 e. The highest BCUT2D eigenvalue weighted by Crippen LogP contribution is 2.42. The van der Waals surface area contributed by atoms with Crippen LogP contribution in [0.5, 0.6) is 5.75 Å². The Kier molecular flexibility index (Phi) is 5.81. The Morgan fingerprint density at radius 1 is 1.03 bits per heavy atom. The molecule has 6 heteroatoms. The topological polar surface area (TPSA) is 75.9 Å². The van der Waals surface area contributed by atoms with E-state index in [-0.39, 0.29) is 23.8 Å². The van der Waals surface area contributed by atoms with Crippen LogP contribution >= 0.6 is 0 Å². The molecule has 2 aliphatic carbocycles. The largest absolute Gasteiger partial charge is 0.496 e. The van der Waals surface area contributed by atoms with Crippen molar-refractivity contribution in [2.45, 2.75) is 45.1 Å². The fraction of sp³-hybridized carbons (Fsp3) is 0.652. The maximum atomic E-state index is 13.1. The van der Waals surface area contributed by atoms with E-state index in [1.54, 1.807) is 13.2 Å². The number of carbonyl (C=O) groups is 2. The highest BCUT2D eigenvalue weighted by molar-refractivity contribution is 5.95. The van der Waals surface area contributed by atoms with Gasteiger partial charge in [0.25, 0.3) is 5.91 Å². The lowest BCUT2D eigenvalue weighted by Crippen LogP contribution is -2.54. The number of ether oxygens (including phenoxy) is 1. The molecule has 1 aromatic carbocycles. The van der Waals surface area contributed by atoms with E-state index >= 15 is 0 Å². The molecule has 4 rings (SSSR count). The third-order valence-corrected chi connectivity index (χ3v) is 7.30. The molecule has 158 valence electrons. The summed E-state index contributed by atoms with van der Waals surface area (Å²) in [4.78, 5) is 29.8. The molecule has 6 nitrogen and oxygen atoms in total. The SMILES string of the molecule is COc1cc(C(=O)N2CCN(C(=O)C3CC4CCCC(C3)C4N)CC2)ccc1C. The van der Waals surface area contributed by atoms with Gasteiger partial charge in [0, 0.05) is 43.7 Å². The van der Waals surface area contributed by atoms with Crippen molar-refractivity contribution in [1.29, 1.82) is 0 Å². The first-order valence-corrected chi connectivity index (χ1v) is 11.0. The first-order valence-electron chi connectivity index (χ1n) is 11.0. The Bertz CT molecular complexity index is 759. The molecule has 29 heavy (non-hydrogen) atoms. The quantitative estimate of drug-likeness (QED) is 0.847. The Morgan fingerprint density at radius 2 is 1.66 bits per heavy atom. The first kappa shape index (κ1) is 20.2. The molecule has 3 fully saturated rings. The number of hydrogen-bond acceptors (Lipinski definition) is 4. The molecule has 2 amide bonds. The van der Waals surface area contributed by atoms with Crippen LogP contribution in [0.4, 0.5) is 0 Å². The number of benzene rings is 1. The van der Waals surface area contributed by atoms with Crippen molar-refractivity contribution >= 4 is 11.8 Å². The van der Waals surface area contributed by atoms with Gasteiger partial charge in [0.2, 0.25) is 5.91 Å². The van der Waals surface area contributed by atoms with E-state index in [9.17, 15) is 9.59 Å². The molecule has 0 radical (unpaired) electrons. The number of methoxy groups -OCH3 is 1. The van der Waals surface area contributed by atoms with Crippen molar-refractivity contribution in [3.8, 4) is 5.75 Å². The van der Waals surface area contributed by atoms with Crippen LogP contribution in [0.25, 0.3) is 0 Å². The number of amides is 2. The minimum Gasteiger partial charge on any atom is -0.496 e. The van der Waals surface area contributed by atoms with E-state index in [0.717, 1.165) is 24.2 Å². The van der Waals surface area contributed by atoms with Crippen molar-refractivity contribution in [3.63, 3.8) is 0 Å². The number of piperazine rings is 1. The van der Waals surface area contributed by atoms with Crippen molar-refractivity contribution in [2.24, 2.45) is 23.5 Å². The van der Waals surface area contributed by atoms with E-state index in [2.05, 4.69) is 0 Å². The minimum absolute atomic E-state index is 0.00794. The molecule has 2 atom stereocenters. The van der Waals surface area contributed by atoms with Gasteiger partial charge in [-0.3, -0.25) is 9.59 Å². The number of rotatable bonds is 3. The second-order valence-corrected chi connectivity index (χ2v) is 9.00. The summed E-state index contributed by atoms with van der Waals surface area (Å²) in [6.07, 6.45) is 5.49. The normalized spacial score (nSPS) is 29.5. The van der Waals surface area contributed by atoms with Crippen LogP contribution in [0.2, 0.25) is 0 Å². The lowest BCUT2D eigenvalue weighted by Gasteiger charge is -2.45. The van der Waals surface area contributed by atoms with Gasteiger partial charge in [-0.05, 0) is 62.1 Å². The summed E-state index contributed by atoms with van der Waals surface area (Å²) in [5.74, 6) is 2.15. The summed E-state index contributed by atoms with van der Waals surface area (Å²) < 4.78 is 5.35. The Morgan fingerprint density at radius 3 is 2.28 bits per heavy atom. The average molecular weight is 400 g/mol. The van der Waals surface area contributed by atoms with Gasteiger partial charge in [0.15, 0.2) is 0 Å². The van der Waals surface area contributed by atoms with Gasteiger partial charge in [-0.2, -0.15) is 0 Å². The fourth-order valence-electron chi connectivity index (χ4n) is 5.51. The van der Waals surface area contributed by atoms with Gasteiger partial charge in [-0.1, -0.05) is 12.5 Å². The predicted octanol–water partition coefficient (Wildman–Crippen LogP) is 2.44. The van der Waals surface area contributed by atoms with Crippen molar-refractivity contribution in [2.75, 3.05) is 33.3 Å². The Labute approximate surface area is 173 Å². The van der Waals surface area contributed by atoms with Crippen LogP contribution in [-0.2, 0) is 4.79 Å². The van der Waals surface area contributed by atoms with Crippen LogP contribution in [0.1, 0.15) is 48.0 Å². The summed E-state index contributed by atoms with van der Waals surface area (Å²) in [6, 6.07) is 5.85. The van der Waals surface area contributed by atoms with Crippen molar-refractivity contribution in [1.82, 2.24) is 9.80 Å². The molecule has 1 aromatic rings. The summed E-state index contributed by atoms with van der Waals surface area (Å²) >= 11 is 0. The van der Waals surface area contributed by atoms with E-state index in [0.29, 0.717) is 43.6 Å². The summed E-state index contributed by atoms with van der Waals surface area (Å²) in [5.41, 5.74) is 8.03. The molecule has 2 bridgehead atoms. The zero-order chi connectivity index (χ0) is 20.5. The zero-order valence-corrected chi connectivity index (χ0v) is 17.6. The number of fused-ring (bicyclic) bond motifs is 2. The molecule has 2 unspecified atom stereocenters. The average Bonchev–Trinajstić information content (AvgIpc) is 2.73. The van der Waals surface area contributed by atoms with Gasteiger partial charge in [-0.15, -0.1) is 0 Å². The van der Waals surface area contributed by atoms with Gasteiger partial charge in [-0.25, -0.2) is 0 Å². The van der Waals surface area contributed by atoms with E-state index in [1.807, 2.05) is 28.9 Å². The fourth-order valence-corrected chi connectivity index (χ4v) is 5.51. The van der Waals surface area contributed by atoms with Gasteiger partial charge in [0.05, 0.1) is 7.11 Å². The number of aryl methyl sites for hydroxylation is 1. The monoisotopic (exact) mass is 399 g/mol. The van der Waals surface area contributed by atoms with Gasteiger partial charge < -0.3 is 20.3 Å². The molecule has 0 aromatic heterocycles. The Balaban J connectivity index is 1.34. The molecular formula is C23H33N3O3. The van der Waals surface area contributed by atoms with Gasteiger partial charge >= 0.3 is 0 Å². The van der Waals surface area contributed by atoms with Crippen LogP contribution in [0, 0.1) is 24.7 Å². The Hall–Kier alpha value is -2.08. The summed E-state index contributed by atoms with van der Waals surface area (Å²) in [7, 11) is 1.62. The number of carbonyl (C=O) groups excluding carboxylic acids is 2. The van der Waals surface area contributed by atoms with Crippen molar-refractivity contribution in [3.05, 3.63) is 29.3 Å². The second-order valence-electron chi connectivity index (χ2n) is 9.00. The molecule has 0 spiro atoms. The highest BCUT2D eigenvalue weighted by Gasteiger charge is 2.42. The number of nitrogens with zero attached hydrogens (tertiary/aromatic N) is 2. The number of nitrogens with two attached hydrogens (primary N) is 1. The summed E-state index contributed by atoms with van der Waals surface area (Å²) in [5, 5.41) is 0. The standard InChI is InChI=1S/C23H33N3O3/c1-15-6-7-18(14-20(15)29-2)22(27)25-8-10-26(11-9-25)23(28)19-12-16-4-3-5-17(13-19)21(16)24/h6-7,14,16-17,19,21H,3-5,8-13,24H2,1-2H3. The van der Waals surface area contributed by atoms with E-state index in [1.165, 1.54) is 19.3 Å². The van der Waals surface area contributed by atoms with E-state index < -0.39 is 0 Å². The van der Waals surface area contributed by atoms with Crippen LogP contribution in [0.3, 0.4) is 0 Å². The third-order valence-electron chi connectivity index (χ3n) is 7.30. The molecular weight excluding hydrogens is 366 g/mol. The second kappa shape index (κ2) is 8.34. The first-order chi connectivity index (χ1) is 14.0. The minimum atomic E-state index is 0.00794. The summed E-state index contributed by atoms with van der Waals surface area (Å²) in [6.45, 7) is 4.36. The van der Waals surface area contributed by atoms with E-state index in [4.69, 9.17) is 10.5 Å². The van der Waals surface area contributed by atoms with Gasteiger partial charge in [0.1, 0.15) is 5.75 Å². The maximum Gasteiger partial charge on any atom is 0.254 e. The lowest BCUT2D eigenvalue weighted by atomic mass is 9.65. The zero-order valence-electron chi connectivity index (χ0n) is 17.6. The molecule has 3 aliphatic rings.